The Hall–Kier alpha value is -3.82. The molecular formula is C28H29N5O3S. The van der Waals surface area contributed by atoms with Crippen molar-refractivity contribution in [3.63, 3.8) is 0 Å². The van der Waals surface area contributed by atoms with E-state index in [0.29, 0.717) is 27.2 Å². The number of anilines is 1. The third-order valence-electron chi connectivity index (χ3n) is 6.35. The zero-order valence-electron chi connectivity index (χ0n) is 20.7. The monoisotopic (exact) mass is 515 g/mol. The predicted molar refractivity (Wildman–Crippen MR) is 144 cm³/mol. The van der Waals surface area contributed by atoms with E-state index in [1.165, 1.54) is 24.2 Å². The molecular weight excluding hydrogens is 486 g/mol. The largest absolute Gasteiger partial charge is 0.493 e. The van der Waals surface area contributed by atoms with Crippen molar-refractivity contribution in [1.82, 2.24) is 20.1 Å². The summed E-state index contributed by atoms with van der Waals surface area (Å²) in [4.78, 5) is 19.4. The molecule has 0 spiro atoms. The standard InChI is InChI=1S/C28H29N5O3S/c1-35-25-19-22(26(34)30-28-32-31-27(37-28)21-11-14-29-15-12-21)9-10-24(25)36-23(20-7-3-2-4-8-20)13-18-33-16-5-6-17-33/h2-4,7-12,14-15,19,23H,5-6,13,16-18H2,1H3,(H,30,32,34)/t23-/m0/s1. The highest BCUT2D eigenvalue weighted by Crippen LogP contribution is 2.34. The van der Waals surface area contributed by atoms with Crippen molar-refractivity contribution in [2.24, 2.45) is 0 Å². The zero-order chi connectivity index (χ0) is 25.5. The van der Waals surface area contributed by atoms with E-state index in [9.17, 15) is 4.79 Å². The summed E-state index contributed by atoms with van der Waals surface area (Å²) in [5.41, 5.74) is 2.46. The summed E-state index contributed by atoms with van der Waals surface area (Å²) in [6.07, 6.45) is 6.65. The van der Waals surface area contributed by atoms with Crippen LogP contribution in [0.2, 0.25) is 0 Å². The van der Waals surface area contributed by atoms with E-state index >= 15 is 0 Å². The average molecular weight is 516 g/mol. The summed E-state index contributed by atoms with van der Waals surface area (Å²) in [5, 5.41) is 12.2. The van der Waals surface area contributed by atoms with Crippen LogP contribution in [0.3, 0.4) is 0 Å². The van der Waals surface area contributed by atoms with E-state index in [1.807, 2.05) is 30.3 Å². The summed E-state index contributed by atoms with van der Waals surface area (Å²) < 4.78 is 12.1. The van der Waals surface area contributed by atoms with Crippen LogP contribution in [-0.4, -0.2) is 52.7 Å². The Bertz CT molecular complexity index is 1310. The van der Waals surface area contributed by atoms with Crippen LogP contribution in [0.15, 0.2) is 73.1 Å². The Morgan fingerprint density at radius 3 is 2.57 bits per heavy atom. The molecule has 5 rings (SSSR count). The molecule has 9 heteroatoms. The molecule has 3 heterocycles. The maximum atomic E-state index is 12.9. The molecule has 0 unspecified atom stereocenters. The molecule has 0 saturated carbocycles. The molecule has 2 aromatic heterocycles. The number of amides is 1. The summed E-state index contributed by atoms with van der Waals surface area (Å²) in [7, 11) is 1.58. The molecule has 2 aromatic carbocycles. The van der Waals surface area contributed by atoms with Gasteiger partial charge in [-0.3, -0.25) is 15.1 Å². The molecule has 1 amide bonds. The third kappa shape index (κ3) is 6.31. The van der Waals surface area contributed by atoms with Crippen LogP contribution < -0.4 is 14.8 Å². The minimum Gasteiger partial charge on any atom is -0.493 e. The van der Waals surface area contributed by atoms with Gasteiger partial charge >= 0.3 is 0 Å². The topological polar surface area (TPSA) is 89.5 Å². The van der Waals surface area contributed by atoms with Crippen molar-refractivity contribution in [3.05, 3.63) is 84.2 Å². The fraction of sp³-hybridized carbons (Fsp3) is 0.286. The van der Waals surface area contributed by atoms with Crippen LogP contribution in [0.5, 0.6) is 11.5 Å². The molecule has 37 heavy (non-hydrogen) atoms. The predicted octanol–water partition coefficient (Wildman–Crippen LogP) is 5.47. The number of carbonyl (C=O) groups excluding carboxylic acids is 1. The minimum atomic E-state index is -0.295. The lowest BCUT2D eigenvalue weighted by atomic mass is 10.1. The summed E-state index contributed by atoms with van der Waals surface area (Å²) >= 11 is 1.30. The zero-order valence-corrected chi connectivity index (χ0v) is 21.5. The fourth-order valence-electron chi connectivity index (χ4n) is 4.38. The van der Waals surface area contributed by atoms with Gasteiger partial charge in [0.1, 0.15) is 11.1 Å². The van der Waals surface area contributed by atoms with Gasteiger partial charge in [0, 0.05) is 36.5 Å². The van der Waals surface area contributed by atoms with E-state index in [1.54, 1.807) is 37.7 Å². The van der Waals surface area contributed by atoms with Crippen LogP contribution >= 0.6 is 11.3 Å². The van der Waals surface area contributed by atoms with E-state index in [4.69, 9.17) is 9.47 Å². The highest BCUT2D eigenvalue weighted by molar-refractivity contribution is 7.18. The molecule has 1 aliphatic rings. The average Bonchev–Trinajstić information content (AvgIpc) is 3.64. The van der Waals surface area contributed by atoms with Gasteiger partial charge in [-0.1, -0.05) is 41.7 Å². The highest BCUT2D eigenvalue weighted by atomic mass is 32.1. The second-order valence-corrected chi connectivity index (χ2v) is 9.80. The molecule has 190 valence electrons. The van der Waals surface area contributed by atoms with E-state index < -0.39 is 0 Å². The van der Waals surface area contributed by atoms with Crippen molar-refractivity contribution >= 4 is 22.4 Å². The van der Waals surface area contributed by atoms with Crippen molar-refractivity contribution in [3.8, 4) is 22.1 Å². The van der Waals surface area contributed by atoms with Crippen LogP contribution in [0.25, 0.3) is 10.6 Å². The lowest BCUT2D eigenvalue weighted by molar-refractivity contribution is 0.102. The number of rotatable bonds is 10. The SMILES string of the molecule is COc1cc(C(=O)Nc2nnc(-c3ccncc3)s2)ccc1O[C@@H](CCN1CCCC1)c1ccccc1. The highest BCUT2D eigenvalue weighted by Gasteiger charge is 2.20. The number of hydrogen-bond donors (Lipinski definition) is 1. The van der Waals surface area contributed by atoms with Crippen LogP contribution in [0.4, 0.5) is 5.13 Å². The first kappa shape index (κ1) is 24.9. The fourth-order valence-corrected chi connectivity index (χ4v) is 5.13. The summed E-state index contributed by atoms with van der Waals surface area (Å²) in [6, 6.07) is 19.2. The second-order valence-electron chi connectivity index (χ2n) is 8.82. The summed E-state index contributed by atoms with van der Waals surface area (Å²) in [6.45, 7) is 3.27. The van der Waals surface area contributed by atoms with Gasteiger partial charge in [-0.15, -0.1) is 10.2 Å². The number of likely N-dealkylation sites (tertiary alicyclic amines) is 1. The Morgan fingerprint density at radius 2 is 1.81 bits per heavy atom. The first-order valence-corrected chi connectivity index (χ1v) is 13.2. The molecule has 1 saturated heterocycles. The quantitative estimate of drug-likeness (QED) is 0.300. The van der Waals surface area contributed by atoms with Gasteiger partial charge in [-0.05, 0) is 61.8 Å². The van der Waals surface area contributed by atoms with Crippen molar-refractivity contribution in [1.29, 1.82) is 0 Å². The van der Waals surface area contributed by atoms with Gasteiger partial charge in [0.2, 0.25) is 5.13 Å². The van der Waals surface area contributed by atoms with E-state index in [2.05, 4.69) is 37.5 Å². The number of hydrogen-bond acceptors (Lipinski definition) is 8. The number of ether oxygens (including phenoxy) is 2. The van der Waals surface area contributed by atoms with Gasteiger partial charge < -0.3 is 14.4 Å². The molecule has 1 atom stereocenters. The van der Waals surface area contributed by atoms with E-state index in [0.717, 1.165) is 37.2 Å². The Morgan fingerprint density at radius 1 is 1.03 bits per heavy atom. The van der Waals surface area contributed by atoms with Gasteiger partial charge in [-0.25, -0.2) is 0 Å². The number of nitrogens with zero attached hydrogens (tertiary/aromatic N) is 4. The first-order chi connectivity index (χ1) is 18.2. The minimum absolute atomic E-state index is 0.122. The number of methoxy groups -OCH3 is 1. The Labute approximate surface area is 220 Å². The number of nitrogens with one attached hydrogen (secondary N) is 1. The number of benzene rings is 2. The Kier molecular flexibility index (Phi) is 8.02. The normalized spacial score (nSPS) is 14.3. The molecule has 1 N–H and O–H groups in total. The van der Waals surface area contributed by atoms with Gasteiger partial charge in [0.15, 0.2) is 11.5 Å². The van der Waals surface area contributed by atoms with Crippen LogP contribution in [0.1, 0.15) is 41.3 Å². The van der Waals surface area contributed by atoms with Gasteiger partial charge in [0.25, 0.3) is 5.91 Å². The number of carbonyl (C=O) groups is 1. The van der Waals surface area contributed by atoms with Crippen molar-refractivity contribution in [2.45, 2.75) is 25.4 Å². The maximum absolute atomic E-state index is 12.9. The summed E-state index contributed by atoms with van der Waals surface area (Å²) in [5.74, 6) is 0.811. The van der Waals surface area contributed by atoms with Crippen LogP contribution in [-0.2, 0) is 0 Å². The number of aromatic nitrogens is 3. The molecule has 0 aliphatic carbocycles. The lowest BCUT2D eigenvalue weighted by Gasteiger charge is -2.24. The number of pyridine rings is 1. The van der Waals surface area contributed by atoms with Gasteiger partial charge in [0.05, 0.1) is 7.11 Å². The first-order valence-electron chi connectivity index (χ1n) is 12.4. The van der Waals surface area contributed by atoms with Gasteiger partial charge in [-0.2, -0.15) is 0 Å². The third-order valence-corrected chi connectivity index (χ3v) is 7.23. The molecule has 4 aromatic rings. The lowest BCUT2D eigenvalue weighted by Crippen LogP contribution is -2.23. The molecule has 0 bridgehead atoms. The smallest absolute Gasteiger partial charge is 0.257 e. The Balaban J connectivity index is 1.29. The molecule has 1 fully saturated rings. The van der Waals surface area contributed by atoms with E-state index in [-0.39, 0.29) is 12.0 Å². The second kappa shape index (κ2) is 11.9. The molecule has 8 nitrogen and oxygen atoms in total. The molecule has 1 aliphatic heterocycles. The van der Waals surface area contributed by atoms with Crippen molar-refractivity contribution in [2.75, 3.05) is 32.1 Å². The van der Waals surface area contributed by atoms with Crippen LogP contribution in [0, 0.1) is 0 Å². The maximum Gasteiger partial charge on any atom is 0.257 e. The van der Waals surface area contributed by atoms with Crippen molar-refractivity contribution < 1.29 is 14.3 Å². The molecule has 0 radical (unpaired) electrons.